The third kappa shape index (κ3) is 3.62. The molecular weight excluding hydrogens is 278 g/mol. The first-order valence-corrected chi connectivity index (χ1v) is 7.41. The lowest BCUT2D eigenvalue weighted by molar-refractivity contribution is -0.0154. The first-order valence-electron chi connectivity index (χ1n) is 7.41. The minimum Gasteiger partial charge on any atom is -0.370 e. The summed E-state index contributed by atoms with van der Waals surface area (Å²) in [4.78, 5) is 18.1. The maximum atomic E-state index is 12.3. The van der Waals surface area contributed by atoms with Crippen LogP contribution in [0.15, 0.2) is 54.9 Å². The minimum atomic E-state index is -0.0620. The summed E-state index contributed by atoms with van der Waals surface area (Å²) < 4.78 is 5.78. The van der Waals surface area contributed by atoms with E-state index in [2.05, 4.69) is 10.3 Å². The van der Waals surface area contributed by atoms with Gasteiger partial charge in [0.2, 0.25) is 0 Å². The Balaban J connectivity index is 1.56. The highest BCUT2D eigenvalue weighted by molar-refractivity contribution is 5.74. The van der Waals surface area contributed by atoms with Crippen LogP contribution in [0.4, 0.5) is 4.79 Å². The van der Waals surface area contributed by atoms with Gasteiger partial charge in [0.15, 0.2) is 0 Å². The predicted molar refractivity (Wildman–Crippen MR) is 83.2 cm³/mol. The number of carbonyl (C=O) groups excluding carboxylic acids is 1. The molecule has 2 aromatic rings. The molecular formula is C17H19N3O2. The van der Waals surface area contributed by atoms with Crippen LogP contribution in [0.1, 0.15) is 17.2 Å². The molecule has 1 saturated heterocycles. The zero-order valence-corrected chi connectivity index (χ0v) is 12.3. The Bertz CT molecular complexity index is 604. The van der Waals surface area contributed by atoms with Gasteiger partial charge in [-0.05, 0) is 17.2 Å². The third-order valence-corrected chi connectivity index (χ3v) is 3.69. The van der Waals surface area contributed by atoms with Crippen LogP contribution >= 0.6 is 0 Å². The lowest BCUT2D eigenvalue weighted by Crippen LogP contribution is -2.46. The summed E-state index contributed by atoms with van der Waals surface area (Å²) in [6.07, 6.45) is 3.42. The van der Waals surface area contributed by atoms with E-state index in [1.807, 2.05) is 42.5 Å². The fourth-order valence-electron chi connectivity index (χ4n) is 2.50. The topological polar surface area (TPSA) is 54.5 Å². The van der Waals surface area contributed by atoms with Crippen molar-refractivity contribution in [2.45, 2.75) is 12.6 Å². The fourth-order valence-corrected chi connectivity index (χ4v) is 2.50. The molecule has 1 N–H and O–H groups in total. The zero-order valence-electron chi connectivity index (χ0n) is 12.3. The van der Waals surface area contributed by atoms with Crippen LogP contribution in [0.3, 0.4) is 0 Å². The van der Waals surface area contributed by atoms with Crippen molar-refractivity contribution in [1.82, 2.24) is 15.2 Å². The highest BCUT2D eigenvalue weighted by Gasteiger charge is 2.25. The largest absolute Gasteiger partial charge is 0.370 e. The number of ether oxygens (including phenoxy) is 1. The van der Waals surface area contributed by atoms with E-state index in [-0.39, 0.29) is 12.1 Å². The summed E-state index contributed by atoms with van der Waals surface area (Å²) in [5.41, 5.74) is 2.09. The van der Waals surface area contributed by atoms with Crippen molar-refractivity contribution in [3.05, 3.63) is 66.0 Å². The third-order valence-electron chi connectivity index (χ3n) is 3.69. The number of carbonyl (C=O) groups is 1. The number of benzene rings is 1. The minimum absolute atomic E-state index is 0.0564. The van der Waals surface area contributed by atoms with Gasteiger partial charge in [-0.25, -0.2) is 4.79 Å². The van der Waals surface area contributed by atoms with E-state index in [9.17, 15) is 4.79 Å². The molecule has 1 aromatic heterocycles. The molecule has 1 aliphatic rings. The van der Waals surface area contributed by atoms with Crippen LogP contribution in [0.2, 0.25) is 0 Å². The Morgan fingerprint density at radius 2 is 2.14 bits per heavy atom. The van der Waals surface area contributed by atoms with Crippen molar-refractivity contribution in [1.29, 1.82) is 0 Å². The lowest BCUT2D eigenvalue weighted by atomic mass is 10.1. The van der Waals surface area contributed by atoms with Gasteiger partial charge in [0.05, 0.1) is 13.2 Å². The summed E-state index contributed by atoms with van der Waals surface area (Å²) in [5, 5.41) is 2.93. The van der Waals surface area contributed by atoms with Gasteiger partial charge in [-0.1, -0.05) is 36.4 Å². The van der Waals surface area contributed by atoms with E-state index in [1.54, 1.807) is 17.3 Å². The molecule has 1 atom stereocenters. The van der Waals surface area contributed by atoms with Crippen LogP contribution in [0.25, 0.3) is 0 Å². The van der Waals surface area contributed by atoms with Crippen LogP contribution in [-0.2, 0) is 11.3 Å². The first-order chi connectivity index (χ1) is 10.8. The van der Waals surface area contributed by atoms with Gasteiger partial charge in [-0.2, -0.15) is 0 Å². The second-order valence-corrected chi connectivity index (χ2v) is 5.24. The molecule has 0 saturated carbocycles. The van der Waals surface area contributed by atoms with Gasteiger partial charge >= 0.3 is 6.03 Å². The van der Waals surface area contributed by atoms with Crippen molar-refractivity contribution in [3.63, 3.8) is 0 Å². The molecule has 114 valence electrons. The van der Waals surface area contributed by atoms with Crippen LogP contribution in [0.5, 0.6) is 0 Å². The zero-order chi connectivity index (χ0) is 15.2. The van der Waals surface area contributed by atoms with E-state index in [1.165, 1.54) is 0 Å². The summed E-state index contributed by atoms with van der Waals surface area (Å²) in [5.74, 6) is 0. The number of pyridine rings is 1. The number of urea groups is 1. The summed E-state index contributed by atoms with van der Waals surface area (Å²) >= 11 is 0. The van der Waals surface area contributed by atoms with Crippen molar-refractivity contribution in [3.8, 4) is 0 Å². The number of hydrogen-bond acceptors (Lipinski definition) is 3. The maximum Gasteiger partial charge on any atom is 0.317 e. The Hall–Kier alpha value is -2.40. The van der Waals surface area contributed by atoms with Gasteiger partial charge in [-0.3, -0.25) is 4.98 Å². The Morgan fingerprint density at radius 1 is 1.27 bits per heavy atom. The van der Waals surface area contributed by atoms with Gasteiger partial charge in [0.25, 0.3) is 0 Å². The van der Waals surface area contributed by atoms with E-state index < -0.39 is 0 Å². The molecule has 1 aliphatic heterocycles. The van der Waals surface area contributed by atoms with Crippen LogP contribution < -0.4 is 5.32 Å². The second kappa shape index (κ2) is 7.04. The quantitative estimate of drug-likeness (QED) is 0.946. The summed E-state index contributed by atoms with van der Waals surface area (Å²) in [7, 11) is 0. The number of nitrogens with one attached hydrogen (secondary N) is 1. The van der Waals surface area contributed by atoms with Crippen LogP contribution in [-0.4, -0.2) is 35.6 Å². The van der Waals surface area contributed by atoms with Crippen molar-refractivity contribution in [2.75, 3.05) is 19.7 Å². The molecule has 5 heteroatoms. The average Bonchev–Trinajstić information content (AvgIpc) is 2.61. The number of nitrogens with zero attached hydrogens (tertiary/aromatic N) is 2. The van der Waals surface area contributed by atoms with Crippen molar-refractivity contribution < 1.29 is 9.53 Å². The molecule has 1 aromatic carbocycles. The molecule has 1 fully saturated rings. The first kappa shape index (κ1) is 14.5. The molecule has 22 heavy (non-hydrogen) atoms. The molecule has 2 amide bonds. The Morgan fingerprint density at radius 3 is 2.91 bits per heavy atom. The van der Waals surface area contributed by atoms with E-state index in [0.29, 0.717) is 26.2 Å². The highest BCUT2D eigenvalue weighted by Crippen LogP contribution is 2.21. The number of hydrogen-bond donors (Lipinski definition) is 1. The van der Waals surface area contributed by atoms with Crippen molar-refractivity contribution in [2.24, 2.45) is 0 Å². The van der Waals surface area contributed by atoms with E-state index in [0.717, 1.165) is 11.1 Å². The molecule has 0 aliphatic carbocycles. The molecule has 5 nitrogen and oxygen atoms in total. The second-order valence-electron chi connectivity index (χ2n) is 5.24. The number of rotatable bonds is 3. The maximum absolute atomic E-state index is 12.3. The van der Waals surface area contributed by atoms with Gasteiger partial charge in [0.1, 0.15) is 6.10 Å². The molecule has 1 unspecified atom stereocenters. The van der Waals surface area contributed by atoms with Crippen molar-refractivity contribution >= 4 is 6.03 Å². The Labute approximate surface area is 129 Å². The molecule has 0 bridgehead atoms. The van der Waals surface area contributed by atoms with E-state index in [4.69, 9.17) is 4.74 Å². The number of aromatic nitrogens is 1. The van der Waals surface area contributed by atoms with Crippen LogP contribution in [0, 0.1) is 0 Å². The van der Waals surface area contributed by atoms with Gasteiger partial charge in [0, 0.05) is 25.5 Å². The number of amides is 2. The monoisotopic (exact) mass is 297 g/mol. The van der Waals surface area contributed by atoms with Gasteiger partial charge < -0.3 is 15.0 Å². The lowest BCUT2D eigenvalue weighted by Gasteiger charge is -2.33. The molecule has 0 spiro atoms. The van der Waals surface area contributed by atoms with E-state index >= 15 is 0 Å². The normalized spacial score (nSPS) is 18.0. The smallest absolute Gasteiger partial charge is 0.317 e. The molecule has 2 heterocycles. The molecule has 0 radical (unpaired) electrons. The predicted octanol–water partition coefficient (Wildman–Crippen LogP) is 2.36. The molecule has 3 rings (SSSR count). The number of morpholine rings is 1. The highest BCUT2D eigenvalue weighted by atomic mass is 16.5. The summed E-state index contributed by atoms with van der Waals surface area (Å²) in [6, 6.07) is 13.8. The fraction of sp³-hybridized carbons (Fsp3) is 0.294. The average molecular weight is 297 g/mol. The standard InChI is InChI=1S/C17H19N3O2/c21-17(19-12-14-5-4-8-18-11-14)20-9-10-22-16(13-20)15-6-2-1-3-7-15/h1-8,11,16H,9-10,12-13H2,(H,19,21). The Kier molecular flexibility index (Phi) is 4.65. The summed E-state index contributed by atoms with van der Waals surface area (Å²) in [6.45, 7) is 2.23. The SMILES string of the molecule is O=C(NCc1cccnc1)N1CCOC(c2ccccc2)C1. The van der Waals surface area contributed by atoms with Gasteiger partial charge in [-0.15, -0.1) is 0 Å².